The number of carbonyl (C=O) groups is 1. The van der Waals surface area contributed by atoms with Gasteiger partial charge >= 0.3 is 0 Å². The van der Waals surface area contributed by atoms with Gasteiger partial charge in [0, 0.05) is 12.6 Å². The number of hydrogen-bond donors (Lipinski definition) is 2. The third-order valence-corrected chi connectivity index (χ3v) is 3.50. The quantitative estimate of drug-likeness (QED) is 0.749. The molecule has 1 saturated heterocycles. The Hall–Kier alpha value is -1.59. The van der Waals surface area contributed by atoms with E-state index in [2.05, 4.69) is 10.6 Å². The van der Waals surface area contributed by atoms with Gasteiger partial charge in [-0.25, -0.2) is 0 Å². The van der Waals surface area contributed by atoms with Gasteiger partial charge in [0.05, 0.1) is 12.2 Å². The van der Waals surface area contributed by atoms with Crippen molar-refractivity contribution < 1.29 is 14.3 Å². The van der Waals surface area contributed by atoms with Gasteiger partial charge in [0.25, 0.3) is 5.91 Å². The normalized spacial score (nSPS) is 15.7. The van der Waals surface area contributed by atoms with Crippen LogP contribution in [0, 0.1) is 0 Å². The second kappa shape index (κ2) is 8.64. The lowest BCUT2D eigenvalue weighted by Gasteiger charge is -2.24. The van der Waals surface area contributed by atoms with Crippen LogP contribution in [-0.2, 0) is 4.74 Å². The van der Waals surface area contributed by atoms with Crippen LogP contribution in [0.4, 0.5) is 0 Å². The Morgan fingerprint density at radius 1 is 1.29 bits per heavy atom. The highest BCUT2D eigenvalue weighted by Crippen LogP contribution is 2.18. The van der Waals surface area contributed by atoms with Crippen LogP contribution in [0.2, 0.25) is 0 Å². The third kappa shape index (κ3) is 5.02. The van der Waals surface area contributed by atoms with Crippen molar-refractivity contribution in [1.82, 2.24) is 10.6 Å². The first-order chi connectivity index (χ1) is 10.3. The fourth-order valence-corrected chi connectivity index (χ4v) is 2.36. The van der Waals surface area contributed by atoms with Gasteiger partial charge in [-0.05, 0) is 45.0 Å². The minimum absolute atomic E-state index is 0.0612. The standard InChI is InChI=1S/C16H24N2O3/c1-2-20-11-12-21-15-6-4-3-5-14(15)16(19)18-13-7-9-17-10-8-13/h3-6,13,17H,2,7-12H2,1H3,(H,18,19). The number of benzene rings is 1. The molecule has 5 heteroatoms. The van der Waals surface area contributed by atoms with Gasteiger partial charge in [-0.2, -0.15) is 0 Å². The lowest BCUT2D eigenvalue weighted by atomic mass is 10.1. The number of amides is 1. The minimum Gasteiger partial charge on any atom is -0.490 e. The van der Waals surface area contributed by atoms with Gasteiger partial charge in [0.15, 0.2) is 0 Å². The first-order valence-corrected chi connectivity index (χ1v) is 7.62. The van der Waals surface area contributed by atoms with Crippen molar-refractivity contribution in [2.75, 3.05) is 32.9 Å². The summed E-state index contributed by atoms with van der Waals surface area (Å²) in [5.41, 5.74) is 0.590. The number of rotatable bonds is 7. The Bertz CT molecular complexity index is 445. The zero-order valence-electron chi connectivity index (χ0n) is 12.6. The summed E-state index contributed by atoms with van der Waals surface area (Å²) in [6, 6.07) is 7.59. The van der Waals surface area contributed by atoms with Crippen LogP contribution in [-0.4, -0.2) is 44.9 Å². The predicted octanol–water partition coefficient (Wildman–Crippen LogP) is 1.58. The molecule has 5 nitrogen and oxygen atoms in total. The van der Waals surface area contributed by atoms with Gasteiger partial charge in [0.2, 0.25) is 0 Å². The average molecular weight is 292 g/mol. The molecule has 1 aromatic rings. The number of piperidine rings is 1. The maximum Gasteiger partial charge on any atom is 0.255 e. The van der Waals surface area contributed by atoms with Crippen molar-refractivity contribution >= 4 is 5.91 Å². The van der Waals surface area contributed by atoms with Crippen molar-refractivity contribution in [2.45, 2.75) is 25.8 Å². The molecule has 0 unspecified atom stereocenters. The van der Waals surface area contributed by atoms with Crippen LogP contribution in [0.5, 0.6) is 5.75 Å². The van der Waals surface area contributed by atoms with E-state index in [9.17, 15) is 4.79 Å². The smallest absolute Gasteiger partial charge is 0.255 e. The minimum atomic E-state index is -0.0612. The van der Waals surface area contributed by atoms with E-state index in [1.54, 1.807) is 6.07 Å². The summed E-state index contributed by atoms with van der Waals surface area (Å²) in [4.78, 5) is 12.4. The number of para-hydroxylation sites is 1. The Labute approximate surface area is 126 Å². The van der Waals surface area contributed by atoms with Crippen LogP contribution < -0.4 is 15.4 Å². The first-order valence-electron chi connectivity index (χ1n) is 7.62. The molecule has 21 heavy (non-hydrogen) atoms. The first kappa shape index (κ1) is 15.8. The highest BCUT2D eigenvalue weighted by Gasteiger charge is 2.18. The van der Waals surface area contributed by atoms with Crippen LogP contribution in [0.15, 0.2) is 24.3 Å². The molecule has 1 aliphatic heterocycles. The Balaban J connectivity index is 1.92. The van der Waals surface area contributed by atoms with Crippen molar-refractivity contribution in [3.05, 3.63) is 29.8 Å². The van der Waals surface area contributed by atoms with Gasteiger partial charge in [0.1, 0.15) is 12.4 Å². The fraction of sp³-hybridized carbons (Fsp3) is 0.562. The molecule has 0 aliphatic carbocycles. The molecule has 0 bridgehead atoms. The molecule has 1 amide bonds. The second-order valence-corrected chi connectivity index (χ2v) is 5.04. The summed E-state index contributed by atoms with van der Waals surface area (Å²) in [6.45, 7) is 5.50. The molecular weight excluding hydrogens is 268 g/mol. The lowest BCUT2D eigenvalue weighted by molar-refractivity contribution is 0.0914. The average Bonchev–Trinajstić information content (AvgIpc) is 2.53. The lowest BCUT2D eigenvalue weighted by Crippen LogP contribution is -2.42. The number of hydrogen-bond acceptors (Lipinski definition) is 4. The molecule has 1 aromatic carbocycles. The molecule has 116 valence electrons. The topological polar surface area (TPSA) is 59.6 Å². The van der Waals surface area contributed by atoms with Crippen molar-refractivity contribution in [3.63, 3.8) is 0 Å². The predicted molar refractivity (Wildman–Crippen MR) is 81.8 cm³/mol. The summed E-state index contributed by atoms with van der Waals surface area (Å²) in [5, 5.41) is 6.38. The largest absolute Gasteiger partial charge is 0.490 e. The maximum absolute atomic E-state index is 12.4. The third-order valence-electron chi connectivity index (χ3n) is 3.50. The molecule has 2 N–H and O–H groups in total. The van der Waals surface area contributed by atoms with Gasteiger partial charge < -0.3 is 20.1 Å². The van der Waals surface area contributed by atoms with Crippen molar-refractivity contribution in [2.24, 2.45) is 0 Å². The second-order valence-electron chi connectivity index (χ2n) is 5.04. The summed E-state index contributed by atoms with van der Waals surface area (Å²) >= 11 is 0. The fourth-order valence-electron chi connectivity index (χ4n) is 2.36. The van der Waals surface area contributed by atoms with E-state index in [-0.39, 0.29) is 11.9 Å². The molecule has 0 spiro atoms. The number of ether oxygens (including phenoxy) is 2. The van der Waals surface area contributed by atoms with Crippen LogP contribution in [0.25, 0.3) is 0 Å². The summed E-state index contributed by atoms with van der Waals surface area (Å²) < 4.78 is 10.9. The molecule has 1 heterocycles. The highest BCUT2D eigenvalue weighted by molar-refractivity contribution is 5.97. The highest BCUT2D eigenvalue weighted by atomic mass is 16.5. The molecule has 2 rings (SSSR count). The van der Waals surface area contributed by atoms with Crippen LogP contribution >= 0.6 is 0 Å². The van der Waals surface area contributed by atoms with Gasteiger partial charge in [-0.3, -0.25) is 4.79 Å². The summed E-state index contributed by atoms with van der Waals surface area (Å²) in [7, 11) is 0. The monoisotopic (exact) mass is 292 g/mol. The molecule has 0 atom stereocenters. The summed E-state index contributed by atoms with van der Waals surface area (Å²) in [6.07, 6.45) is 1.94. The molecule has 0 aromatic heterocycles. The van der Waals surface area contributed by atoms with E-state index in [4.69, 9.17) is 9.47 Å². The van der Waals surface area contributed by atoms with E-state index in [0.717, 1.165) is 25.9 Å². The molecule has 0 saturated carbocycles. The van der Waals surface area contributed by atoms with Gasteiger partial charge in [-0.15, -0.1) is 0 Å². The number of nitrogens with one attached hydrogen (secondary N) is 2. The van der Waals surface area contributed by atoms with Crippen molar-refractivity contribution in [3.8, 4) is 5.75 Å². The zero-order valence-corrected chi connectivity index (χ0v) is 12.6. The Morgan fingerprint density at radius 3 is 2.81 bits per heavy atom. The Morgan fingerprint density at radius 2 is 2.05 bits per heavy atom. The number of carbonyl (C=O) groups excluding carboxylic acids is 1. The molecule has 1 fully saturated rings. The van der Waals surface area contributed by atoms with E-state index in [1.807, 2.05) is 25.1 Å². The maximum atomic E-state index is 12.4. The summed E-state index contributed by atoms with van der Waals surface area (Å²) in [5.74, 6) is 0.553. The van der Waals surface area contributed by atoms with Gasteiger partial charge in [-0.1, -0.05) is 12.1 Å². The van der Waals surface area contributed by atoms with Crippen LogP contribution in [0.1, 0.15) is 30.1 Å². The van der Waals surface area contributed by atoms with E-state index >= 15 is 0 Å². The SMILES string of the molecule is CCOCCOc1ccccc1C(=O)NC1CCNCC1. The zero-order chi connectivity index (χ0) is 14.9. The molecular formula is C16H24N2O3. The van der Waals surface area contributed by atoms with E-state index in [1.165, 1.54) is 0 Å². The van der Waals surface area contributed by atoms with Crippen LogP contribution in [0.3, 0.4) is 0 Å². The Kier molecular flexibility index (Phi) is 6.50. The van der Waals surface area contributed by atoms with E-state index < -0.39 is 0 Å². The van der Waals surface area contributed by atoms with Crippen molar-refractivity contribution in [1.29, 1.82) is 0 Å². The molecule has 1 aliphatic rings. The van der Waals surface area contributed by atoms with E-state index in [0.29, 0.717) is 31.1 Å². The molecule has 0 radical (unpaired) electrons.